The van der Waals surface area contributed by atoms with E-state index in [2.05, 4.69) is 38.0 Å². The molecule has 1 N–H and O–H groups in total. The van der Waals surface area contributed by atoms with Crippen molar-refractivity contribution in [2.75, 3.05) is 11.9 Å². The van der Waals surface area contributed by atoms with E-state index >= 15 is 0 Å². The Balaban J connectivity index is 3.01. The van der Waals surface area contributed by atoms with Crippen molar-refractivity contribution in [2.45, 2.75) is 39.5 Å². The van der Waals surface area contributed by atoms with Crippen LogP contribution in [-0.4, -0.2) is 11.5 Å². The van der Waals surface area contributed by atoms with Crippen LogP contribution in [0.5, 0.6) is 0 Å². The predicted octanol–water partition coefficient (Wildman–Crippen LogP) is 3.85. The van der Waals surface area contributed by atoms with Crippen molar-refractivity contribution < 1.29 is 0 Å². The Labute approximate surface area is 97.1 Å². The lowest BCUT2D eigenvalue weighted by atomic mass is 9.87. The van der Waals surface area contributed by atoms with E-state index in [1.54, 1.807) is 0 Å². The Morgan fingerprint density at radius 3 is 2.60 bits per heavy atom. The van der Waals surface area contributed by atoms with Gasteiger partial charge in [0.05, 0.1) is 5.02 Å². The zero-order valence-electron chi connectivity index (χ0n) is 9.89. The minimum Gasteiger partial charge on any atom is -0.369 e. The van der Waals surface area contributed by atoms with Gasteiger partial charge in [-0.15, -0.1) is 0 Å². The van der Waals surface area contributed by atoms with E-state index in [0.717, 1.165) is 29.4 Å². The summed E-state index contributed by atoms with van der Waals surface area (Å²) in [5.74, 6) is 0.797. The van der Waals surface area contributed by atoms with Crippen molar-refractivity contribution in [3.8, 4) is 0 Å². The lowest BCUT2D eigenvalue weighted by Crippen LogP contribution is -2.13. The molecule has 0 radical (unpaired) electrons. The van der Waals surface area contributed by atoms with Gasteiger partial charge in [-0.05, 0) is 23.5 Å². The van der Waals surface area contributed by atoms with E-state index in [-0.39, 0.29) is 5.41 Å². The molecule has 3 heteroatoms. The molecule has 0 spiro atoms. The second-order valence-electron chi connectivity index (χ2n) is 4.70. The van der Waals surface area contributed by atoms with Gasteiger partial charge in [0, 0.05) is 12.7 Å². The molecular weight excluding hydrogens is 208 g/mol. The standard InChI is InChI=1S/C12H19ClN2/c1-5-7-14-11-10(13)9(6-8-15-11)12(2,3)4/h6,8H,5,7H2,1-4H3,(H,14,15). The molecular formula is C12H19ClN2. The number of hydrogen-bond acceptors (Lipinski definition) is 2. The van der Waals surface area contributed by atoms with Gasteiger partial charge in [0.2, 0.25) is 0 Å². The van der Waals surface area contributed by atoms with Gasteiger partial charge < -0.3 is 5.32 Å². The number of nitrogens with one attached hydrogen (secondary N) is 1. The molecule has 1 aromatic heterocycles. The normalized spacial score (nSPS) is 11.5. The molecule has 0 aliphatic heterocycles. The Kier molecular flexibility index (Phi) is 3.97. The number of aromatic nitrogens is 1. The molecule has 0 aromatic carbocycles. The molecule has 1 rings (SSSR count). The highest BCUT2D eigenvalue weighted by Crippen LogP contribution is 2.32. The first kappa shape index (κ1) is 12.3. The summed E-state index contributed by atoms with van der Waals surface area (Å²) in [7, 11) is 0. The minimum absolute atomic E-state index is 0.0582. The minimum atomic E-state index is 0.0582. The Morgan fingerprint density at radius 1 is 1.40 bits per heavy atom. The van der Waals surface area contributed by atoms with Crippen LogP contribution in [0, 0.1) is 0 Å². The first-order valence-corrected chi connectivity index (χ1v) is 5.73. The Bertz CT molecular complexity index is 329. The summed E-state index contributed by atoms with van der Waals surface area (Å²) >= 11 is 6.30. The van der Waals surface area contributed by atoms with Crippen molar-refractivity contribution in [1.29, 1.82) is 0 Å². The predicted molar refractivity (Wildman–Crippen MR) is 66.7 cm³/mol. The first-order chi connectivity index (χ1) is 6.96. The third-order valence-corrected chi connectivity index (χ3v) is 2.62. The summed E-state index contributed by atoms with van der Waals surface area (Å²) in [5, 5.41) is 3.98. The number of anilines is 1. The van der Waals surface area contributed by atoms with Crippen LogP contribution in [0.3, 0.4) is 0 Å². The molecule has 0 bridgehead atoms. The highest BCUT2D eigenvalue weighted by molar-refractivity contribution is 6.33. The number of halogens is 1. The molecule has 0 unspecified atom stereocenters. The summed E-state index contributed by atoms with van der Waals surface area (Å²) in [6, 6.07) is 1.99. The molecule has 2 nitrogen and oxygen atoms in total. The fourth-order valence-corrected chi connectivity index (χ4v) is 1.85. The summed E-state index contributed by atoms with van der Waals surface area (Å²) in [4.78, 5) is 4.25. The molecule has 0 saturated carbocycles. The van der Waals surface area contributed by atoms with E-state index in [1.807, 2.05) is 12.3 Å². The van der Waals surface area contributed by atoms with Crippen LogP contribution in [0.15, 0.2) is 12.3 Å². The van der Waals surface area contributed by atoms with Gasteiger partial charge in [-0.2, -0.15) is 0 Å². The largest absolute Gasteiger partial charge is 0.369 e. The number of rotatable bonds is 3. The van der Waals surface area contributed by atoms with E-state index in [9.17, 15) is 0 Å². The smallest absolute Gasteiger partial charge is 0.145 e. The molecule has 1 heterocycles. The first-order valence-electron chi connectivity index (χ1n) is 5.35. The quantitative estimate of drug-likeness (QED) is 0.847. The molecule has 0 aliphatic carbocycles. The molecule has 0 saturated heterocycles. The maximum Gasteiger partial charge on any atom is 0.145 e. The monoisotopic (exact) mass is 226 g/mol. The van der Waals surface area contributed by atoms with Crippen LogP contribution < -0.4 is 5.32 Å². The highest BCUT2D eigenvalue weighted by atomic mass is 35.5. The van der Waals surface area contributed by atoms with Gasteiger partial charge in [0.25, 0.3) is 0 Å². The van der Waals surface area contributed by atoms with Crippen molar-refractivity contribution in [1.82, 2.24) is 4.98 Å². The molecule has 15 heavy (non-hydrogen) atoms. The van der Waals surface area contributed by atoms with Crippen LogP contribution >= 0.6 is 11.6 Å². The topological polar surface area (TPSA) is 24.9 Å². The van der Waals surface area contributed by atoms with Crippen molar-refractivity contribution in [2.24, 2.45) is 0 Å². The molecule has 84 valence electrons. The van der Waals surface area contributed by atoms with Crippen LogP contribution in [0.1, 0.15) is 39.7 Å². The molecule has 0 aliphatic rings. The number of hydrogen-bond donors (Lipinski definition) is 1. The summed E-state index contributed by atoms with van der Waals surface area (Å²) < 4.78 is 0. The highest BCUT2D eigenvalue weighted by Gasteiger charge is 2.19. The molecule has 0 atom stereocenters. The van der Waals surface area contributed by atoms with Crippen LogP contribution in [-0.2, 0) is 5.41 Å². The van der Waals surface area contributed by atoms with E-state index in [0.29, 0.717) is 0 Å². The van der Waals surface area contributed by atoms with Crippen molar-refractivity contribution >= 4 is 17.4 Å². The third-order valence-electron chi connectivity index (χ3n) is 2.24. The fourth-order valence-electron chi connectivity index (χ4n) is 1.39. The zero-order valence-corrected chi connectivity index (χ0v) is 10.7. The Hall–Kier alpha value is -0.760. The summed E-state index contributed by atoms with van der Waals surface area (Å²) in [6.07, 6.45) is 2.88. The average molecular weight is 227 g/mol. The van der Waals surface area contributed by atoms with Gasteiger partial charge >= 0.3 is 0 Å². The van der Waals surface area contributed by atoms with E-state index in [1.165, 1.54) is 0 Å². The van der Waals surface area contributed by atoms with Crippen molar-refractivity contribution in [3.05, 3.63) is 22.8 Å². The number of nitrogens with zero attached hydrogens (tertiary/aromatic N) is 1. The third kappa shape index (κ3) is 3.10. The lowest BCUT2D eigenvalue weighted by molar-refractivity contribution is 0.590. The van der Waals surface area contributed by atoms with E-state index < -0.39 is 0 Å². The van der Waals surface area contributed by atoms with Gasteiger partial charge in [-0.3, -0.25) is 0 Å². The van der Waals surface area contributed by atoms with Gasteiger partial charge in [0.15, 0.2) is 0 Å². The second kappa shape index (κ2) is 4.84. The SMILES string of the molecule is CCCNc1nccc(C(C)(C)C)c1Cl. The van der Waals surface area contributed by atoms with Crippen LogP contribution in [0.4, 0.5) is 5.82 Å². The number of pyridine rings is 1. The fraction of sp³-hybridized carbons (Fsp3) is 0.583. The van der Waals surface area contributed by atoms with Gasteiger partial charge in [0.1, 0.15) is 5.82 Å². The maximum atomic E-state index is 6.30. The second-order valence-corrected chi connectivity index (χ2v) is 5.08. The zero-order chi connectivity index (χ0) is 11.5. The average Bonchev–Trinajstić information content (AvgIpc) is 2.14. The Morgan fingerprint density at radius 2 is 2.07 bits per heavy atom. The van der Waals surface area contributed by atoms with Crippen LogP contribution in [0.2, 0.25) is 5.02 Å². The maximum absolute atomic E-state index is 6.30. The van der Waals surface area contributed by atoms with Gasteiger partial charge in [-0.1, -0.05) is 39.3 Å². The molecule has 0 fully saturated rings. The van der Waals surface area contributed by atoms with Gasteiger partial charge in [-0.25, -0.2) is 4.98 Å². The molecule has 1 aromatic rings. The summed E-state index contributed by atoms with van der Waals surface area (Å²) in [5.41, 5.74) is 1.20. The summed E-state index contributed by atoms with van der Waals surface area (Å²) in [6.45, 7) is 9.47. The van der Waals surface area contributed by atoms with Crippen LogP contribution in [0.25, 0.3) is 0 Å². The lowest BCUT2D eigenvalue weighted by Gasteiger charge is -2.21. The molecule has 0 amide bonds. The van der Waals surface area contributed by atoms with E-state index in [4.69, 9.17) is 11.6 Å². The van der Waals surface area contributed by atoms with Crippen molar-refractivity contribution in [3.63, 3.8) is 0 Å².